The minimum absolute atomic E-state index is 0.0247. The molecule has 1 aromatic rings. The summed E-state index contributed by atoms with van der Waals surface area (Å²) in [6.07, 6.45) is 1.18. The molecule has 0 aromatic heterocycles. The zero-order chi connectivity index (χ0) is 15.7. The summed E-state index contributed by atoms with van der Waals surface area (Å²) in [5, 5.41) is 10.1. The molecule has 0 saturated carbocycles. The minimum atomic E-state index is -0.306. The van der Waals surface area contributed by atoms with Gasteiger partial charge in [-0.15, -0.1) is 0 Å². The van der Waals surface area contributed by atoms with E-state index in [9.17, 15) is 14.7 Å². The molecule has 0 radical (unpaired) electrons. The topological polar surface area (TPSA) is 60.9 Å². The van der Waals surface area contributed by atoms with Gasteiger partial charge in [-0.25, -0.2) is 0 Å². The van der Waals surface area contributed by atoms with Crippen LogP contribution >= 0.6 is 11.6 Å². The highest BCUT2D eigenvalue weighted by molar-refractivity contribution is 6.30. The van der Waals surface area contributed by atoms with Gasteiger partial charge in [0, 0.05) is 36.8 Å². The van der Waals surface area contributed by atoms with Gasteiger partial charge in [-0.05, 0) is 37.1 Å². The van der Waals surface area contributed by atoms with E-state index in [0.717, 1.165) is 5.69 Å². The molecule has 2 heterocycles. The standard InChI is InChI=1S/C16H19ClN2O3/c17-12-1-3-13(4-2-12)19-10-11(9-15(19)21)16(22)18-7-5-14(20)6-8-18/h1-4,11,14,20H,5-10H2. The number of carbonyl (C=O) groups is 2. The van der Waals surface area contributed by atoms with E-state index < -0.39 is 0 Å². The zero-order valence-electron chi connectivity index (χ0n) is 12.2. The van der Waals surface area contributed by atoms with Gasteiger partial charge < -0.3 is 14.9 Å². The Hall–Kier alpha value is -1.59. The molecule has 2 amide bonds. The van der Waals surface area contributed by atoms with Crippen LogP contribution in [0.2, 0.25) is 5.02 Å². The zero-order valence-corrected chi connectivity index (χ0v) is 13.0. The van der Waals surface area contributed by atoms with Gasteiger partial charge in [-0.3, -0.25) is 9.59 Å². The van der Waals surface area contributed by atoms with Crippen LogP contribution in [0.25, 0.3) is 0 Å². The highest BCUT2D eigenvalue weighted by Crippen LogP contribution is 2.28. The van der Waals surface area contributed by atoms with Gasteiger partial charge in [0.1, 0.15) is 0 Å². The highest BCUT2D eigenvalue weighted by atomic mass is 35.5. The molecule has 2 saturated heterocycles. The fourth-order valence-corrected chi connectivity index (χ4v) is 3.21. The van der Waals surface area contributed by atoms with Crippen LogP contribution in [-0.2, 0) is 9.59 Å². The van der Waals surface area contributed by atoms with Crippen LogP contribution in [0.15, 0.2) is 24.3 Å². The summed E-state index contributed by atoms with van der Waals surface area (Å²) in [6.45, 7) is 1.57. The van der Waals surface area contributed by atoms with E-state index in [1.165, 1.54) is 0 Å². The molecule has 5 nitrogen and oxygen atoms in total. The molecule has 1 atom stereocenters. The lowest BCUT2D eigenvalue weighted by molar-refractivity contribution is -0.137. The molecule has 3 rings (SSSR count). The smallest absolute Gasteiger partial charge is 0.228 e. The van der Waals surface area contributed by atoms with Crippen molar-refractivity contribution in [3.63, 3.8) is 0 Å². The number of hydrogen-bond donors (Lipinski definition) is 1. The first-order valence-electron chi connectivity index (χ1n) is 7.57. The summed E-state index contributed by atoms with van der Waals surface area (Å²) in [6, 6.07) is 7.07. The largest absolute Gasteiger partial charge is 0.393 e. The minimum Gasteiger partial charge on any atom is -0.393 e. The Balaban J connectivity index is 1.66. The van der Waals surface area contributed by atoms with Crippen LogP contribution in [0.1, 0.15) is 19.3 Å². The van der Waals surface area contributed by atoms with Crippen molar-refractivity contribution in [2.24, 2.45) is 5.92 Å². The first kappa shape index (κ1) is 15.3. The van der Waals surface area contributed by atoms with Crippen molar-refractivity contribution in [3.8, 4) is 0 Å². The molecule has 0 spiro atoms. The summed E-state index contributed by atoms with van der Waals surface area (Å²) in [5.74, 6) is -0.298. The van der Waals surface area contributed by atoms with Gasteiger partial charge in [0.15, 0.2) is 0 Å². The van der Waals surface area contributed by atoms with Crippen LogP contribution in [0, 0.1) is 5.92 Å². The fraction of sp³-hybridized carbons (Fsp3) is 0.500. The van der Waals surface area contributed by atoms with Crippen molar-refractivity contribution in [3.05, 3.63) is 29.3 Å². The van der Waals surface area contributed by atoms with Gasteiger partial charge >= 0.3 is 0 Å². The Kier molecular flexibility index (Phi) is 4.36. The second-order valence-corrected chi connectivity index (χ2v) is 6.37. The van der Waals surface area contributed by atoms with Crippen LogP contribution in [0.5, 0.6) is 0 Å². The predicted octanol–water partition coefficient (Wildman–Crippen LogP) is 1.68. The SMILES string of the molecule is O=C(C1CC(=O)N(c2ccc(Cl)cc2)C1)N1CCC(O)CC1. The molecule has 1 aromatic carbocycles. The first-order valence-corrected chi connectivity index (χ1v) is 7.95. The molecule has 2 aliphatic rings. The summed E-state index contributed by atoms with van der Waals surface area (Å²) in [5.41, 5.74) is 0.777. The number of amides is 2. The maximum atomic E-state index is 12.5. The molecule has 2 fully saturated rings. The van der Waals surface area contributed by atoms with Crippen molar-refractivity contribution in [2.75, 3.05) is 24.5 Å². The van der Waals surface area contributed by atoms with E-state index in [1.54, 1.807) is 34.1 Å². The van der Waals surface area contributed by atoms with E-state index in [0.29, 0.717) is 37.5 Å². The van der Waals surface area contributed by atoms with Crippen LogP contribution in [-0.4, -0.2) is 47.6 Å². The second-order valence-electron chi connectivity index (χ2n) is 5.94. The molecular weight excluding hydrogens is 304 g/mol. The summed E-state index contributed by atoms with van der Waals surface area (Å²) >= 11 is 5.86. The monoisotopic (exact) mass is 322 g/mol. The number of rotatable bonds is 2. The number of nitrogens with zero attached hydrogens (tertiary/aromatic N) is 2. The lowest BCUT2D eigenvalue weighted by Gasteiger charge is -2.31. The Morgan fingerprint density at radius 1 is 1.18 bits per heavy atom. The number of halogens is 1. The molecule has 2 aliphatic heterocycles. The summed E-state index contributed by atoms with van der Waals surface area (Å²) < 4.78 is 0. The van der Waals surface area contributed by atoms with Crippen molar-refractivity contribution >= 4 is 29.1 Å². The Labute approximate surface area is 134 Å². The van der Waals surface area contributed by atoms with Gasteiger partial charge in [0.25, 0.3) is 0 Å². The molecule has 0 aliphatic carbocycles. The number of anilines is 1. The Bertz CT molecular complexity index is 567. The van der Waals surface area contributed by atoms with Gasteiger partial charge in [-0.2, -0.15) is 0 Å². The molecule has 22 heavy (non-hydrogen) atoms. The van der Waals surface area contributed by atoms with Gasteiger partial charge in [-0.1, -0.05) is 11.6 Å². The number of likely N-dealkylation sites (tertiary alicyclic amines) is 1. The van der Waals surface area contributed by atoms with Crippen LogP contribution in [0.3, 0.4) is 0 Å². The quantitative estimate of drug-likeness (QED) is 0.901. The van der Waals surface area contributed by atoms with Crippen molar-refractivity contribution in [2.45, 2.75) is 25.4 Å². The first-order chi connectivity index (χ1) is 10.5. The van der Waals surface area contributed by atoms with E-state index in [4.69, 9.17) is 11.6 Å². The number of piperidine rings is 1. The van der Waals surface area contributed by atoms with E-state index in [-0.39, 0.29) is 30.3 Å². The molecule has 1 unspecified atom stereocenters. The Morgan fingerprint density at radius 2 is 1.82 bits per heavy atom. The number of hydrogen-bond acceptors (Lipinski definition) is 3. The molecule has 6 heteroatoms. The second kappa shape index (κ2) is 6.26. The lowest BCUT2D eigenvalue weighted by Crippen LogP contribution is -2.43. The Morgan fingerprint density at radius 3 is 2.45 bits per heavy atom. The molecule has 1 N–H and O–H groups in total. The third kappa shape index (κ3) is 3.10. The fourth-order valence-electron chi connectivity index (χ4n) is 3.09. The number of aliphatic hydroxyl groups is 1. The van der Waals surface area contributed by atoms with Crippen LogP contribution < -0.4 is 4.90 Å². The van der Waals surface area contributed by atoms with E-state index in [1.807, 2.05) is 0 Å². The van der Waals surface area contributed by atoms with Gasteiger partial charge in [0.05, 0.1) is 12.0 Å². The predicted molar refractivity (Wildman–Crippen MR) is 83.7 cm³/mol. The summed E-state index contributed by atoms with van der Waals surface area (Å²) in [4.78, 5) is 28.1. The average Bonchev–Trinajstić information content (AvgIpc) is 2.90. The maximum absolute atomic E-state index is 12.5. The van der Waals surface area contributed by atoms with Gasteiger partial charge in [0.2, 0.25) is 11.8 Å². The number of aliphatic hydroxyl groups excluding tert-OH is 1. The number of carbonyl (C=O) groups excluding carboxylic acids is 2. The summed E-state index contributed by atoms with van der Waals surface area (Å²) in [7, 11) is 0. The third-order valence-electron chi connectivity index (χ3n) is 4.39. The lowest BCUT2D eigenvalue weighted by atomic mass is 10.0. The maximum Gasteiger partial charge on any atom is 0.228 e. The highest BCUT2D eigenvalue weighted by Gasteiger charge is 2.37. The molecule has 0 bridgehead atoms. The molecular formula is C16H19ClN2O3. The van der Waals surface area contributed by atoms with E-state index in [2.05, 4.69) is 0 Å². The third-order valence-corrected chi connectivity index (χ3v) is 4.64. The average molecular weight is 323 g/mol. The normalized spacial score (nSPS) is 23.2. The van der Waals surface area contributed by atoms with Crippen molar-refractivity contribution in [1.82, 2.24) is 4.90 Å². The van der Waals surface area contributed by atoms with Crippen molar-refractivity contribution < 1.29 is 14.7 Å². The number of benzene rings is 1. The van der Waals surface area contributed by atoms with Crippen molar-refractivity contribution in [1.29, 1.82) is 0 Å². The van der Waals surface area contributed by atoms with Crippen LogP contribution in [0.4, 0.5) is 5.69 Å². The van der Waals surface area contributed by atoms with E-state index >= 15 is 0 Å². The molecule has 118 valence electrons.